The number of carbonyl (C=O) groups is 1. The van der Waals surface area contributed by atoms with Gasteiger partial charge in [-0.25, -0.2) is 5.43 Å². The molecule has 3 aromatic rings. The minimum absolute atomic E-state index is 0.183. The van der Waals surface area contributed by atoms with Gasteiger partial charge in [-0.15, -0.1) is 10.2 Å². The van der Waals surface area contributed by atoms with E-state index in [4.69, 9.17) is 0 Å². The average Bonchev–Trinajstić information content (AvgIpc) is 3.17. The number of rotatable bonds is 8. The molecule has 0 unspecified atom stereocenters. The third-order valence-electron chi connectivity index (χ3n) is 4.53. The number of carbonyl (C=O) groups excluding carboxylic acids is 1. The topological polar surface area (TPSA) is 92.4 Å². The minimum atomic E-state index is -0.215. The number of aromatic hydroxyl groups is 1. The van der Waals surface area contributed by atoms with Crippen molar-refractivity contribution < 1.29 is 9.90 Å². The Kier molecular flexibility index (Phi) is 7.24. The Labute approximate surface area is 180 Å². The summed E-state index contributed by atoms with van der Waals surface area (Å²) in [6.45, 7) is 6.74. The van der Waals surface area contributed by atoms with Gasteiger partial charge >= 0.3 is 0 Å². The van der Waals surface area contributed by atoms with Gasteiger partial charge in [0.05, 0.1) is 11.5 Å². The molecule has 0 atom stereocenters. The Hall–Kier alpha value is -3.13. The molecule has 2 aromatic carbocycles. The van der Waals surface area contributed by atoms with Gasteiger partial charge in [0.15, 0.2) is 11.0 Å². The number of phenolic OH excluding ortho intramolecular Hbond substituents is 1. The van der Waals surface area contributed by atoms with E-state index in [9.17, 15) is 9.90 Å². The Morgan fingerprint density at radius 3 is 2.43 bits per heavy atom. The summed E-state index contributed by atoms with van der Waals surface area (Å²) in [6, 6.07) is 14.9. The van der Waals surface area contributed by atoms with Gasteiger partial charge in [0, 0.05) is 12.1 Å². The molecule has 0 saturated carbocycles. The van der Waals surface area contributed by atoms with Crippen LogP contribution in [-0.2, 0) is 11.3 Å². The van der Waals surface area contributed by atoms with E-state index < -0.39 is 0 Å². The fourth-order valence-corrected chi connectivity index (χ4v) is 3.69. The maximum Gasteiger partial charge on any atom is 0.250 e. The molecule has 1 aromatic heterocycles. The van der Waals surface area contributed by atoms with Crippen molar-refractivity contribution in [1.29, 1.82) is 0 Å². The molecule has 0 aliphatic heterocycles. The lowest BCUT2D eigenvalue weighted by molar-refractivity contribution is -0.118. The predicted octanol–water partition coefficient (Wildman–Crippen LogP) is 4.00. The van der Waals surface area contributed by atoms with Gasteiger partial charge in [-0.3, -0.25) is 4.79 Å². The summed E-state index contributed by atoms with van der Waals surface area (Å²) in [7, 11) is 0. The van der Waals surface area contributed by atoms with Crippen LogP contribution < -0.4 is 5.43 Å². The second kappa shape index (κ2) is 10.1. The zero-order chi connectivity index (χ0) is 21.5. The van der Waals surface area contributed by atoms with E-state index in [0.717, 1.165) is 22.7 Å². The third kappa shape index (κ3) is 5.27. The van der Waals surface area contributed by atoms with E-state index in [1.165, 1.54) is 17.3 Å². The van der Waals surface area contributed by atoms with Gasteiger partial charge in [-0.2, -0.15) is 5.10 Å². The highest BCUT2D eigenvalue weighted by Gasteiger charge is 2.14. The zero-order valence-corrected chi connectivity index (χ0v) is 18.1. The summed E-state index contributed by atoms with van der Waals surface area (Å²) < 4.78 is 2.00. The van der Waals surface area contributed by atoms with Gasteiger partial charge in [0.1, 0.15) is 5.75 Å². The van der Waals surface area contributed by atoms with Crippen molar-refractivity contribution in [3.05, 3.63) is 59.7 Å². The third-order valence-corrected chi connectivity index (χ3v) is 5.49. The van der Waals surface area contributed by atoms with Crippen molar-refractivity contribution >= 4 is 23.4 Å². The van der Waals surface area contributed by atoms with E-state index >= 15 is 0 Å². The number of hydrogen-bond acceptors (Lipinski definition) is 6. The van der Waals surface area contributed by atoms with Crippen molar-refractivity contribution in [3.63, 3.8) is 0 Å². The lowest BCUT2D eigenvalue weighted by Crippen LogP contribution is -2.22. The van der Waals surface area contributed by atoms with E-state index in [1.54, 1.807) is 24.3 Å². The standard InChI is InChI=1S/C22H25N5O2S/c1-4-19(16-10-12-18(28)13-11-16)23-24-20(29)14-30-22-26-25-21(27(22)5-2)17-8-6-15(3)7-9-17/h6-13,28H,4-5,14H2,1-3H3,(H,24,29). The fraction of sp³-hybridized carbons (Fsp3) is 0.273. The Balaban J connectivity index is 1.64. The summed E-state index contributed by atoms with van der Waals surface area (Å²) in [5, 5.41) is 22.9. The summed E-state index contributed by atoms with van der Waals surface area (Å²) in [5.74, 6) is 0.952. The summed E-state index contributed by atoms with van der Waals surface area (Å²) in [6.07, 6.45) is 0.655. The molecule has 0 spiro atoms. The van der Waals surface area contributed by atoms with Gasteiger partial charge in [-0.05, 0) is 50.1 Å². The van der Waals surface area contributed by atoms with Gasteiger partial charge in [0.2, 0.25) is 0 Å². The minimum Gasteiger partial charge on any atom is -0.508 e. The molecule has 0 radical (unpaired) electrons. The number of hydrogen-bond donors (Lipinski definition) is 2. The molecule has 0 saturated heterocycles. The maximum atomic E-state index is 12.3. The van der Waals surface area contributed by atoms with Crippen LogP contribution in [0.25, 0.3) is 11.4 Å². The molecular weight excluding hydrogens is 398 g/mol. The Bertz CT molecular complexity index is 1030. The second-order valence-corrected chi connectivity index (χ2v) is 7.64. The van der Waals surface area contributed by atoms with Gasteiger partial charge in [-0.1, -0.05) is 48.5 Å². The van der Waals surface area contributed by atoms with E-state index in [1.807, 2.05) is 49.6 Å². The number of nitrogens with one attached hydrogen (secondary N) is 1. The zero-order valence-electron chi connectivity index (χ0n) is 17.3. The first-order valence-corrected chi connectivity index (χ1v) is 10.8. The molecular formula is C22H25N5O2S. The van der Waals surface area contributed by atoms with Crippen LogP contribution >= 0.6 is 11.8 Å². The van der Waals surface area contributed by atoms with Crippen LogP contribution in [0.2, 0.25) is 0 Å². The molecule has 3 rings (SSSR count). The van der Waals surface area contributed by atoms with Crippen LogP contribution in [0.4, 0.5) is 0 Å². The number of benzene rings is 2. The summed E-state index contributed by atoms with van der Waals surface area (Å²) >= 11 is 1.33. The molecule has 1 heterocycles. The van der Waals surface area contributed by atoms with Crippen molar-refractivity contribution in [2.45, 2.75) is 38.9 Å². The fourth-order valence-electron chi connectivity index (χ4n) is 2.89. The number of phenols is 1. The molecule has 30 heavy (non-hydrogen) atoms. The summed E-state index contributed by atoms with van der Waals surface area (Å²) in [4.78, 5) is 12.3. The van der Waals surface area contributed by atoms with E-state index in [0.29, 0.717) is 18.1 Å². The molecule has 8 heteroatoms. The largest absolute Gasteiger partial charge is 0.508 e. The quantitative estimate of drug-likeness (QED) is 0.325. The average molecular weight is 424 g/mol. The van der Waals surface area contributed by atoms with Gasteiger partial charge in [0.25, 0.3) is 5.91 Å². The number of thioether (sulfide) groups is 1. The maximum absolute atomic E-state index is 12.3. The lowest BCUT2D eigenvalue weighted by atomic mass is 10.1. The van der Waals surface area contributed by atoms with Gasteiger partial charge < -0.3 is 9.67 Å². The highest BCUT2D eigenvalue weighted by atomic mass is 32.2. The van der Waals surface area contributed by atoms with Crippen molar-refractivity contribution in [3.8, 4) is 17.1 Å². The normalized spacial score (nSPS) is 11.5. The molecule has 2 N–H and O–H groups in total. The number of nitrogens with zero attached hydrogens (tertiary/aromatic N) is 4. The summed E-state index contributed by atoms with van der Waals surface area (Å²) in [5.41, 5.74) is 6.39. The van der Waals surface area contributed by atoms with Crippen molar-refractivity contribution in [2.24, 2.45) is 5.10 Å². The first-order valence-electron chi connectivity index (χ1n) is 9.79. The van der Waals surface area contributed by atoms with Crippen molar-refractivity contribution in [1.82, 2.24) is 20.2 Å². The Morgan fingerprint density at radius 2 is 1.80 bits per heavy atom. The highest BCUT2D eigenvalue weighted by molar-refractivity contribution is 7.99. The molecule has 1 amide bonds. The van der Waals surface area contributed by atoms with Crippen LogP contribution in [-0.4, -0.2) is 37.2 Å². The van der Waals surface area contributed by atoms with Crippen LogP contribution in [0.1, 0.15) is 31.4 Å². The molecule has 0 bridgehead atoms. The Morgan fingerprint density at radius 1 is 1.10 bits per heavy atom. The van der Waals surface area contributed by atoms with Crippen LogP contribution in [0.3, 0.4) is 0 Å². The smallest absolute Gasteiger partial charge is 0.250 e. The highest BCUT2D eigenvalue weighted by Crippen LogP contribution is 2.24. The number of aromatic nitrogens is 3. The van der Waals surface area contributed by atoms with Crippen LogP contribution in [0.15, 0.2) is 58.8 Å². The van der Waals surface area contributed by atoms with Crippen LogP contribution in [0, 0.1) is 6.92 Å². The molecule has 0 fully saturated rings. The van der Waals surface area contributed by atoms with E-state index in [-0.39, 0.29) is 17.4 Å². The number of amides is 1. The first kappa shape index (κ1) is 21.6. The van der Waals surface area contributed by atoms with E-state index in [2.05, 4.69) is 20.7 Å². The predicted molar refractivity (Wildman–Crippen MR) is 120 cm³/mol. The molecule has 156 valence electrons. The first-order chi connectivity index (χ1) is 14.5. The van der Waals surface area contributed by atoms with Crippen molar-refractivity contribution in [2.75, 3.05) is 5.75 Å². The number of aryl methyl sites for hydroxylation is 1. The van der Waals surface area contributed by atoms with Crippen LogP contribution in [0.5, 0.6) is 5.75 Å². The molecule has 0 aliphatic rings. The monoisotopic (exact) mass is 423 g/mol. The molecule has 7 nitrogen and oxygen atoms in total. The lowest BCUT2D eigenvalue weighted by Gasteiger charge is -2.08. The second-order valence-electron chi connectivity index (χ2n) is 6.70. The molecule has 0 aliphatic carbocycles. The SMILES string of the molecule is CCC(=NNC(=O)CSc1nnc(-c2ccc(C)cc2)n1CC)c1ccc(O)cc1. The number of hydrazone groups is 1.